The topological polar surface area (TPSA) is 64.1 Å². The second-order valence-corrected chi connectivity index (χ2v) is 8.01. The molecule has 0 bridgehead atoms. The van der Waals surface area contributed by atoms with Crippen molar-refractivity contribution >= 4 is 11.7 Å². The molecule has 0 spiro atoms. The van der Waals surface area contributed by atoms with E-state index in [2.05, 4.69) is 16.8 Å². The summed E-state index contributed by atoms with van der Waals surface area (Å²) in [6.07, 6.45) is 6.34. The molecule has 0 N–H and O–H groups in total. The SMILES string of the molecule is C[C@@H]1CN(c2cc(C(=O)N(C[C@H]3CCCO3)C[C@@H]3CCCO3)ccn2)CCO1. The van der Waals surface area contributed by atoms with Gasteiger partial charge in [0, 0.05) is 51.2 Å². The molecular weight excluding hydrogens is 358 g/mol. The first-order valence-corrected chi connectivity index (χ1v) is 10.5. The second kappa shape index (κ2) is 9.20. The molecule has 0 radical (unpaired) electrons. The summed E-state index contributed by atoms with van der Waals surface area (Å²) >= 11 is 0. The summed E-state index contributed by atoms with van der Waals surface area (Å²) in [7, 11) is 0. The highest BCUT2D eigenvalue weighted by Crippen LogP contribution is 2.21. The van der Waals surface area contributed by atoms with Crippen molar-refractivity contribution in [1.82, 2.24) is 9.88 Å². The number of hydrogen-bond acceptors (Lipinski definition) is 6. The Balaban J connectivity index is 1.49. The van der Waals surface area contributed by atoms with Crippen LogP contribution < -0.4 is 4.90 Å². The Morgan fingerprint density at radius 2 is 1.86 bits per heavy atom. The van der Waals surface area contributed by atoms with Crippen LogP contribution in [-0.2, 0) is 14.2 Å². The third kappa shape index (κ3) is 4.82. The van der Waals surface area contributed by atoms with Gasteiger partial charge >= 0.3 is 0 Å². The minimum atomic E-state index is 0.0379. The lowest BCUT2D eigenvalue weighted by atomic mass is 10.1. The predicted octanol–water partition coefficient (Wildman–Crippen LogP) is 2.11. The normalized spacial score (nSPS) is 27.9. The Morgan fingerprint density at radius 1 is 1.14 bits per heavy atom. The average Bonchev–Trinajstić information content (AvgIpc) is 3.41. The maximum Gasteiger partial charge on any atom is 0.254 e. The summed E-state index contributed by atoms with van der Waals surface area (Å²) < 4.78 is 17.2. The molecule has 3 aliphatic rings. The predicted molar refractivity (Wildman–Crippen MR) is 106 cm³/mol. The third-order valence-corrected chi connectivity index (χ3v) is 5.74. The van der Waals surface area contributed by atoms with Crippen LogP contribution >= 0.6 is 0 Å². The van der Waals surface area contributed by atoms with Gasteiger partial charge in [-0.05, 0) is 44.7 Å². The van der Waals surface area contributed by atoms with Gasteiger partial charge in [-0.25, -0.2) is 4.98 Å². The van der Waals surface area contributed by atoms with Gasteiger partial charge in [0.25, 0.3) is 5.91 Å². The van der Waals surface area contributed by atoms with E-state index in [9.17, 15) is 4.79 Å². The van der Waals surface area contributed by atoms with Crippen molar-refractivity contribution in [3.63, 3.8) is 0 Å². The fourth-order valence-electron chi connectivity index (χ4n) is 4.24. The van der Waals surface area contributed by atoms with E-state index in [-0.39, 0.29) is 24.2 Å². The van der Waals surface area contributed by atoms with E-state index in [4.69, 9.17) is 14.2 Å². The van der Waals surface area contributed by atoms with Crippen LogP contribution in [0.3, 0.4) is 0 Å². The standard InChI is InChI=1S/C21H31N3O4/c1-16-13-23(8-11-26-16)20-12-17(6-7-22-20)21(25)24(14-18-4-2-9-27-18)15-19-5-3-10-28-19/h6-7,12,16,18-19H,2-5,8-11,13-15H2,1H3/t16-,18-,19+/m1/s1. The quantitative estimate of drug-likeness (QED) is 0.743. The zero-order valence-electron chi connectivity index (χ0n) is 16.7. The molecule has 7 heteroatoms. The lowest BCUT2D eigenvalue weighted by molar-refractivity contribution is 0.0307. The van der Waals surface area contributed by atoms with E-state index in [1.807, 2.05) is 17.0 Å². The molecule has 1 aromatic rings. The largest absolute Gasteiger partial charge is 0.376 e. The molecule has 0 aromatic carbocycles. The number of pyridine rings is 1. The van der Waals surface area contributed by atoms with Crippen LogP contribution in [0.5, 0.6) is 0 Å². The monoisotopic (exact) mass is 389 g/mol. The van der Waals surface area contributed by atoms with Crippen LogP contribution in [0.1, 0.15) is 43.0 Å². The number of nitrogens with zero attached hydrogens (tertiary/aromatic N) is 3. The molecule has 3 aliphatic heterocycles. The Kier molecular flexibility index (Phi) is 6.44. The Bertz CT molecular complexity index is 641. The number of carbonyl (C=O) groups excluding carboxylic acids is 1. The van der Waals surface area contributed by atoms with Crippen molar-refractivity contribution < 1.29 is 19.0 Å². The fraction of sp³-hybridized carbons (Fsp3) is 0.714. The van der Waals surface area contributed by atoms with Crippen LogP contribution in [0.2, 0.25) is 0 Å². The highest BCUT2D eigenvalue weighted by atomic mass is 16.5. The van der Waals surface area contributed by atoms with Crippen LogP contribution in [0.15, 0.2) is 18.3 Å². The summed E-state index contributed by atoms with van der Waals surface area (Å²) in [5, 5.41) is 0. The number of anilines is 1. The number of ether oxygens (including phenoxy) is 3. The molecule has 0 unspecified atom stereocenters. The number of morpholine rings is 1. The number of amides is 1. The number of rotatable bonds is 6. The second-order valence-electron chi connectivity index (χ2n) is 8.01. The van der Waals surface area contributed by atoms with Gasteiger partial charge in [-0.2, -0.15) is 0 Å². The van der Waals surface area contributed by atoms with E-state index in [1.165, 1.54) is 0 Å². The zero-order valence-corrected chi connectivity index (χ0v) is 16.7. The molecule has 1 aromatic heterocycles. The average molecular weight is 389 g/mol. The lowest BCUT2D eigenvalue weighted by Crippen LogP contribution is -2.43. The summed E-state index contributed by atoms with van der Waals surface area (Å²) in [5.41, 5.74) is 0.681. The highest BCUT2D eigenvalue weighted by Gasteiger charge is 2.28. The van der Waals surface area contributed by atoms with E-state index in [0.717, 1.165) is 57.8 Å². The molecular formula is C21H31N3O4. The van der Waals surface area contributed by atoms with E-state index in [1.54, 1.807) is 6.20 Å². The Hall–Kier alpha value is -1.70. The van der Waals surface area contributed by atoms with E-state index in [0.29, 0.717) is 25.3 Å². The Labute approximate surface area is 166 Å². The molecule has 28 heavy (non-hydrogen) atoms. The minimum absolute atomic E-state index is 0.0379. The van der Waals surface area contributed by atoms with Gasteiger partial charge in [0.15, 0.2) is 0 Å². The molecule has 154 valence electrons. The maximum absolute atomic E-state index is 13.4. The molecule has 3 atom stereocenters. The van der Waals surface area contributed by atoms with Crippen LogP contribution in [0, 0.1) is 0 Å². The van der Waals surface area contributed by atoms with Gasteiger partial charge in [0.1, 0.15) is 5.82 Å². The summed E-state index contributed by atoms with van der Waals surface area (Å²) in [6, 6.07) is 3.73. The third-order valence-electron chi connectivity index (χ3n) is 5.74. The first-order chi connectivity index (χ1) is 13.7. The zero-order chi connectivity index (χ0) is 19.3. The van der Waals surface area contributed by atoms with Crippen LogP contribution in [0.4, 0.5) is 5.82 Å². The minimum Gasteiger partial charge on any atom is -0.376 e. The van der Waals surface area contributed by atoms with Gasteiger partial charge in [-0.3, -0.25) is 4.79 Å². The van der Waals surface area contributed by atoms with Crippen LogP contribution in [0.25, 0.3) is 0 Å². The van der Waals surface area contributed by atoms with Gasteiger partial charge < -0.3 is 24.0 Å². The molecule has 0 aliphatic carbocycles. The van der Waals surface area contributed by atoms with Crippen molar-refractivity contribution in [3.05, 3.63) is 23.9 Å². The molecule has 0 saturated carbocycles. The van der Waals surface area contributed by atoms with Crippen molar-refractivity contribution in [3.8, 4) is 0 Å². The molecule has 4 rings (SSSR count). The van der Waals surface area contributed by atoms with Crippen molar-refractivity contribution in [2.45, 2.75) is 50.9 Å². The van der Waals surface area contributed by atoms with Crippen molar-refractivity contribution in [2.75, 3.05) is 50.9 Å². The molecule has 1 amide bonds. The summed E-state index contributed by atoms with van der Waals surface area (Å²) in [5.74, 6) is 0.881. The van der Waals surface area contributed by atoms with Gasteiger partial charge in [-0.15, -0.1) is 0 Å². The summed E-state index contributed by atoms with van der Waals surface area (Å²) in [6.45, 7) is 7.18. The fourth-order valence-corrected chi connectivity index (χ4v) is 4.24. The van der Waals surface area contributed by atoms with Gasteiger partial charge in [-0.1, -0.05) is 0 Å². The smallest absolute Gasteiger partial charge is 0.254 e. The van der Waals surface area contributed by atoms with Crippen molar-refractivity contribution in [2.24, 2.45) is 0 Å². The number of carbonyl (C=O) groups is 1. The highest BCUT2D eigenvalue weighted by molar-refractivity contribution is 5.95. The molecule has 4 heterocycles. The number of hydrogen-bond donors (Lipinski definition) is 0. The van der Waals surface area contributed by atoms with Crippen LogP contribution in [-0.4, -0.2) is 80.1 Å². The maximum atomic E-state index is 13.4. The molecule has 3 fully saturated rings. The number of aromatic nitrogens is 1. The van der Waals surface area contributed by atoms with Gasteiger partial charge in [0.2, 0.25) is 0 Å². The summed E-state index contributed by atoms with van der Waals surface area (Å²) in [4.78, 5) is 22.0. The van der Waals surface area contributed by atoms with Gasteiger partial charge in [0.05, 0.1) is 24.9 Å². The Morgan fingerprint density at radius 3 is 2.46 bits per heavy atom. The van der Waals surface area contributed by atoms with Crippen molar-refractivity contribution in [1.29, 1.82) is 0 Å². The molecule has 7 nitrogen and oxygen atoms in total. The first-order valence-electron chi connectivity index (χ1n) is 10.5. The molecule has 3 saturated heterocycles. The first kappa shape index (κ1) is 19.6. The van der Waals surface area contributed by atoms with E-state index < -0.39 is 0 Å². The van der Waals surface area contributed by atoms with E-state index >= 15 is 0 Å². The lowest BCUT2D eigenvalue weighted by Gasteiger charge is -2.32.